The molecule has 0 spiro atoms. The van der Waals surface area contributed by atoms with Gasteiger partial charge in [0.05, 0.1) is 6.10 Å². The van der Waals surface area contributed by atoms with E-state index in [4.69, 9.17) is 4.74 Å². The van der Waals surface area contributed by atoms with Gasteiger partial charge in [-0.1, -0.05) is 17.9 Å². The number of ether oxygens (including phenoxy) is 1. The molecule has 4 rings (SSSR count). The van der Waals surface area contributed by atoms with E-state index in [1.54, 1.807) is 4.90 Å². The number of carbonyl (C=O) groups excluding carboxylic acids is 3. The zero-order chi connectivity index (χ0) is 22.3. The van der Waals surface area contributed by atoms with Crippen molar-refractivity contribution in [2.45, 2.75) is 38.2 Å². The summed E-state index contributed by atoms with van der Waals surface area (Å²) < 4.78 is 5.92. The minimum Gasteiger partial charge on any atom is -0.365 e. The SMILES string of the molecule is O=C1CCN(c2cccc(C#CCOC3CCN(C(=O)C4CCNCC4)CC3)c2)C(=O)N1. The van der Waals surface area contributed by atoms with E-state index in [-0.39, 0.29) is 24.3 Å². The summed E-state index contributed by atoms with van der Waals surface area (Å²) in [6.07, 6.45) is 3.98. The van der Waals surface area contributed by atoms with Crippen molar-refractivity contribution in [2.75, 3.05) is 44.2 Å². The lowest BCUT2D eigenvalue weighted by molar-refractivity contribution is -0.138. The second kappa shape index (κ2) is 10.6. The number of imide groups is 1. The fourth-order valence-electron chi connectivity index (χ4n) is 4.43. The Morgan fingerprint density at radius 1 is 1.09 bits per heavy atom. The van der Waals surface area contributed by atoms with Crippen molar-refractivity contribution in [1.29, 1.82) is 0 Å². The molecule has 3 heterocycles. The fourth-order valence-corrected chi connectivity index (χ4v) is 4.43. The van der Waals surface area contributed by atoms with Crippen molar-refractivity contribution in [1.82, 2.24) is 15.5 Å². The van der Waals surface area contributed by atoms with E-state index in [0.717, 1.165) is 57.4 Å². The zero-order valence-electron chi connectivity index (χ0n) is 18.3. The highest BCUT2D eigenvalue weighted by Gasteiger charge is 2.29. The zero-order valence-corrected chi connectivity index (χ0v) is 18.3. The van der Waals surface area contributed by atoms with Gasteiger partial charge < -0.3 is 15.0 Å². The monoisotopic (exact) mass is 438 g/mol. The van der Waals surface area contributed by atoms with Crippen molar-refractivity contribution in [2.24, 2.45) is 5.92 Å². The number of urea groups is 1. The summed E-state index contributed by atoms with van der Waals surface area (Å²) in [6, 6.07) is 7.00. The molecular weight excluding hydrogens is 408 g/mol. The summed E-state index contributed by atoms with van der Waals surface area (Å²) in [5, 5.41) is 5.64. The number of amides is 4. The number of anilines is 1. The number of benzene rings is 1. The standard InChI is InChI=1S/C24H30N4O4/c29-22-10-15-28(24(31)26-22)20-5-1-3-18(17-20)4-2-16-32-21-8-13-27(14-9-21)23(30)19-6-11-25-12-7-19/h1,3,5,17,19,21,25H,6-16H2,(H,26,29,31). The number of carbonyl (C=O) groups is 3. The number of rotatable bonds is 4. The van der Waals surface area contributed by atoms with Gasteiger partial charge >= 0.3 is 6.03 Å². The summed E-state index contributed by atoms with van der Waals surface area (Å²) in [5.74, 6) is 6.36. The molecule has 32 heavy (non-hydrogen) atoms. The third kappa shape index (κ3) is 5.67. The topological polar surface area (TPSA) is 91.0 Å². The van der Waals surface area contributed by atoms with E-state index in [1.165, 1.54) is 0 Å². The lowest BCUT2D eigenvalue weighted by atomic mass is 9.95. The molecule has 1 aromatic rings. The molecule has 3 fully saturated rings. The average molecular weight is 439 g/mol. The van der Waals surface area contributed by atoms with E-state index in [1.807, 2.05) is 29.2 Å². The van der Waals surface area contributed by atoms with E-state index in [2.05, 4.69) is 22.5 Å². The van der Waals surface area contributed by atoms with Gasteiger partial charge in [-0.3, -0.25) is 19.8 Å². The Morgan fingerprint density at radius 3 is 2.62 bits per heavy atom. The Bertz CT molecular complexity index is 908. The highest BCUT2D eigenvalue weighted by Crippen LogP contribution is 2.21. The molecule has 4 amide bonds. The number of nitrogens with one attached hydrogen (secondary N) is 2. The normalized spacial score (nSPS) is 20.5. The maximum Gasteiger partial charge on any atom is 0.328 e. The van der Waals surface area contributed by atoms with Crippen molar-refractivity contribution in [3.05, 3.63) is 29.8 Å². The van der Waals surface area contributed by atoms with Gasteiger partial charge in [0.2, 0.25) is 11.8 Å². The molecule has 2 N–H and O–H groups in total. The quantitative estimate of drug-likeness (QED) is 0.695. The summed E-state index contributed by atoms with van der Waals surface area (Å²) in [6.45, 7) is 4.07. The van der Waals surface area contributed by atoms with Gasteiger partial charge in [-0.15, -0.1) is 0 Å². The van der Waals surface area contributed by atoms with Crippen LogP contribution in [0.15, 0.2) is 24.3 Å². The molecule has 0 aliphatic carbocycles. The molecule has 170 valence electrons. The molecule has 0 saturated carbocycles. The molecule has 8 nitrogen and oxygen atoms in total. The number of piperidine rings is 2. The van der Waals surface area contributed by atoms with E-state index in [0.29, 0.717) is 24.7 Å². The minimum absolute atomic E-state index is 0.127. The first kappa shape index (κ1) is 22.3. The first-order valence-electron chi connectivity index (χ1n) is 11.4. The van der Waals surface area contributed by atoms with Crippen LogP contribution < -0.4 is 15.5 Å². The van der Waals surface area contributed by atoms with Gasteiger partial charge in [0.1, 0.15) is 6.61 Å². The van der Waals surface area contributed by atoms with Gasteiger partial charge in [0, 0.05) is 43.2 Å². The van der Waals surface area contributed by atoms with E-state index >= 15 is 0 Å². The Balaban J connectivity index is 1.22. The maximum absolute atomic E-state index is 12.6. The minimum atomic E-state index is -0.403. The van der Waals surface area contributed by atoms with Gasteiger partial charge in [-0.2, -0.15) is 0 Å². The van der Waals surface area contributed by atoms with Crippen LogP contribution in [0.25, 0.3) is 0 Å². The van der Waals surface area contributed by atoms with Crippen LogP contribution >= 0.6 is 0 Å². The fraction of sp³-hybridized carbons (Fsp3) is 0.542. The molecule has 0 aromatic heterocycles. The predicted molar refractivity (Wildman–Crippen MR) is 120 cm³/mol. The molecule has 0 bridgehead atoms. The molecule has 8 heteroatoms. The number of hydrogen-bond acceptors (Lipinski definition) is 5. The van der Waals surface area contributed by atoms with Crippen LogP contribution in [-0.2, 0) is 14.3 Å². The van der Waals surface area contributed by atoms with Crippen LogP contribution in [0.3, 0.4) is 0 Å². The second-order valence-corrected chi connectivity index (χ2v) is 8.47. The van der Waals surface area contributed by atoms with Gasteiger partial charge in [0.25, 0.3) is 0 Å². The third-order valence-corrected chi connectivity index (χ3v) is 6.28. The van der Waals surface area contributed by atoms with Crippen molar-refractivity contribution >= 4 is 23.5 Å². The molecule has 3 saturated heterocycles. The number of likely N-dealkylation sites (tertiary alicyclic amines) is 1. The molecule has 3 aliphatic rings. The Kier molecular flexibility index (Phi) is 7.40. The van der Waals surface area contributed by atoms with E-state index in [9.17, 15) is 14.4 Å². The molecule has 1 aromatic carbocycles. The van der Waals surface area contributed by atoms with Crippen LogP contribution in [0.2, 0.25) is 0 Å². The third-order valence-electron chi connectivity index (χ3n) is 6.28. The Labute approximate surface area is 188 Å². The highest BCUT2D eigenvalue weighted by atomic mass is 16.5. The predicted octanol–water partition coefficient (Wildman–Crippen LogP) is 1.49. The maximum atomic E-state index is 12.6. The lowest BCUT2D eigenvalue weighted by Crippen LogP contribution is -2.49. The molecule has 0 unspecified atom stereocenters. The highest BCUT2D eigenvalue weighted by molar-refractivity contribution is 6.05. The molecule has 0 radical (unpaired) electrons. The lowest BCUT2D eigenvalue weighted by Gasteiger charge is -2.35. The summed E-state index contributed by atoms with van der Waals surface area (Å²) in [4.78, 5) is 39.5. The van der Waals surface area contributed by atoms with Crippen molar-refractivity contribution in [3.8, 4) is 11.8 Å². The largest absolute Gasteiger partial charge is 0.365 e. The van der Waals surface area contributed by atoms with Gasteiger partial charge in [-0.25, -0.2) is 4.79 Å². The summed E-state index contributed by atoms with van der Waals surface area (Å²) in [5.41, 5.74) is 1.51. The average Bonchev–Trinajstić information content (AvgIpc) is 2.82. The van der Waals surface area contributed by atoms with Crippen LogP contribution in [-0.4, -0.2) is 68.2 Å². The van der Waals surface area contributed by atoms with Gasteiger partial charge in [0.15, 0.2) is 0 Å². The van der Waals surface area contributed by atoms with Crippen molar-refractivity contribution in [3.63, 3.8) is 0 Å². The number of nitrogens with zero attached hydrogens (tertiary/aromatic N) is 2. The summed E-state index contributed by atoms with van der Waals surface area (Å²) >= 11 is 0. The van der Waals surface area contributed by atoms with Crippen molar-refractivity contribution < 1.29 is 19.1 Å². The van der Waals surface area contributed by atoms with Crippen LogP contribution in [0, 0.1) is 17.8 Å². The molecule has 3 aliphatic heterocycles. The summed E-state index contributed by atoms with van der Waals surface area (Å²) in [7, 11) is 0. The van der Waals surface area contributed by atoms with E-state index < -0.39 is 6.03 Å². The Morgan fingerprint density at radius 2 is 1.88 bits per heavy atom. The van der Waals surface area contributed by atoms with Gasteiger partial charge in [-0.05, 0) is 57.0 Å². The smallest absolute Gasteiger partial charge is 0.328 e. The first-order chi connectivity index (χ1) is 15.6. The molecular formula is C24H30N4O4. The second-order valence-electron chi connectivity index (χ2n) is 8.47. The first-order valence-corrected chi connectivity index (χ1v) is 11.4. The number of hydrogen-bond donors (Lipinski definition) is 2. The van der Waals surface area contributed by atoms with Crippen LogP contribution in [0.1, 0.15) is 37.7 Å². The Hall–Kier alpha value is -2.89. The molecule has 0 atom stereocenters. The van der Waals surface area contributed by atoms with Crippen LogP contribution in [0.4, 0.5) is 10.5 Å². The van der Waals surface area contributed by atoms with Crippen LogP contribution in [0.5, 0.6) is 0 Å².